The number of hydrogen-bond acceptors (Lipinski definition) is 3. The van der Waals surface area contributed by atoms with Crippen molar-refractivity contribution in [1.29, 1.82) is 0 Å². The number of hydrazone groups is 1. The summed E-state index contributed by atoms with van der Waals surface area (Å²) in [4.78, 5) is 0. The Morgan fingerprint density at radius 2 is 1.55 bits per heavy atom. The van der Waals surface area contributed by atoms with Gasteiger partial charge < -0.3 is 10.6 Å². The van der Waals surface area contributed by atoms with Crippen molar-refractivity contribution in [2.75, 3.05) is 6.61 Å². The summed E-state index contributed by atoms with van der Waals surface area (Å²) in [6.45, 7) is 3.06. The van der Waals surface area contributed by atoms with Gasteiger partial charge in [0.25, 0.3) is 0 Å². The third-order valence-electron chi connectivity index (χ3n) is 3.37. The van der Waals surface area contributed by atoms with Gasteiger partial charge in [-0.2, -0.15) is 5.10 Å². The van der Waals surface area contributed by atoms with E-state index in [1.54, 1.807) is 6.21 Å². The van der Waals surface area contributed by atoms with E-state index in [0.29, 0.717) is 0 Å². The lowest BCUT2D eigenvalue weighted by atomic mass is 10.1. The van der Waals surface area contributed by atoms with Crippen LogP contribution in [0.15, 0.2) is 29.4 Å². The third-order valence-corrected chi connectivity index (χ3v) is 3.37. The number of hydrogen-bond donors (Lipinski definition) is 1. The fourth-order valence-corrected chi connectivity index (χ4v) is 2.16. The van der Waals surface area contributed by atoms with Gasteiger partial charge in [-0.3, -0.25) is 0 Å². The van der Waals surface area contributed by atoms with Crippen LogP contribution >= 0.6 is 0 Å². The van der Waals surface area contributed by atoms with Crippen molar-refractivity contribution in [3.8, 4) is 5.75 Å². The second-order valence-electron chi connectivity index (χ2n) is 5.17. The SMILES string of the molecule is CCCCCCCCCCOc1ccc(C=NN)cc1. The third kappa shape index (κ3) is 7.82. The molecule has 0 radical (unpaired) electrons. The molecule has 1 aromatic carbocycles. The smallest absolute Gasteiger partial charge is 0.119 e. The fourth-order valence-electron chi connectivity index (χ4n) is 2.16. The van der Waals surface area contributed by atoms with Crippen LogP contribution in [0.1, 0.15) is 63.9 Å². The predicted octanol–water partition coefficient (Wildman–Crippen LogP) is 4.50. The van der Waals surface area contributed by atoms with Crippen molar-refractivity contribution in [2.24, 2.45) is 10.9 Å². The molecule has 3 nitrogen and oxygen atoms in total. The lowest BCUT2D eigenvalue weighted by Crippen LogP contribution is -1.97. The minimum absolute atomic E-state index is 0.805. The number of rotatable bonds is 11. The Morgan fingerprint density at radius 3 is 2.15 bits per heavy atom. The van der Waals surface area contributed by atoms with E-state index >= 15 is 0 Å². The molecule has 0 fully saturated rings. The van der Waals surface area contributed by atoms with Crippen LogP contribution < -0.4 is 10.6 Å². The topological polar surface area (TPSA) is 47.6 Å². The first kappa shape index (κ1) is 16.5. The summed E-state index contributed by atoms with van der Waals surface area (Å²) in [5.41, 5.74) is 0.993. The highest BCUT2D eigenvalue weighted by molar-refractivity contribution is 5.79. The second kappa shape index (κ2) is 11.3. The van der Waals surface area contributed by atoms with Crippen molar-refractivity contribution in [1.82, 2.24) is 0 Å². The monoisotopic (exact) mass is 276 g/mol. The Labute approximate surface area is 123 Å². The molecule has 1 rings (SSSR count). The minimum Gasteiger partial charge on any atom is -0.494 e. The van der Waals surface area contributed by atoms with Crippen LogP contribution in [0.2, 0.25) is 0 Å². The van der Waals surface area contributed by atoms with Crippen molar-refractivity contribution in [2.45, 2.75) is 58.3 Å². The number of nitrogens with zero attached hydrogens (tertiary/aromatic N) is 1. The largest absolute Gasteiger partial charge is 0.494 e. The molecular formula is C17H28N2O. The van der Waals surface area contributed by atoms with Crippen LogP contribution in [-0.2, 0) is 0 Å². The van der Waals surface area contributed by atoms with Crippen LogP contribution in [0.4, 0.5) is 0 Å². The van der Waals surface area contributed by atoms with E-state index < -0.39 is 0 Å². The van der Waals surface area contributed by atoms with Crippen LogP contribution in [0, 0.1) is 0 Å². The van der Waals surface area contributed by atoms with Gasteiger partial charge in [-0.05, 0) is 36.2 Å². The normalized spacial score (nSPS) is 11.1. The van der Waals surface area contributed by atoms with Crippen molar-refractivity contribution < 1.29 is 4.74 Å². The van der Waals surface area contributed by atoms with Crippen molar-refractivity contribution >= 4 is 6.21 Å². The van der Waals surface area contributed by atoms with Crippen LogP contribution in [-0.4, -0.2) is 12.8 Å². The van der Waals surface area contributed by atoms with E-state index in [2.05, 4.69) is 12.0 Å². The fraction of sp³-hybridized carbons (Fsp3) is 0.588. The first-order valence-electron chi connectivity index (χ1n) is 7.83. The molecule has 0 heterocycles. The standard InChI is InChI=1S/C17H28N2O/c1-2-3-4-5-6-7-8-9-14-20-17-12-10-16(11-13-17)15-19-18/h10-13,15H,2-9,14,18H2,1H3. The van der Waals surface area contributed by atoms with Crippen LogP contribution in [0.25, 0.3) is 0 Å². The van der Waals surface area contributed by atoms with E-state index in [-0.39, 0.29) is 0 Å². The van der Waals surface area contributed by atoms with Gasteiger partial charge in [0.05, 0.1) is 12.8 Å². The molecule has 0 spiro atoms. The summed E-state index contributed by atoms with van der Waals surface area (Å²) in [5, 5.41) is 3.49. The Morgan fingerprint density at radius 1 is 0.950 bits per heavy atom. The summed E-state index contributed by atoms with van der Waals surface area (Å²) in [6, 6.07) is 7.84. The molecule has 0 saturated carbocycles. The number of benzene rings is 1. The maximum atomic E-state index is 5.71. The van der Waals surface area contributed by atoms with Gasteiger partial charge in [-0.15, -0.1) is 0 Å². The Bertz CT molecular complexity index is 360. The molecule has 112 valence electrons. The zero-order chi connectivity index (χ0) is 14.5. The molecule has 0 aliphatic rings. The summed E-state index contributed by atoms with van der Waals surface area (Å²) >= 11 is 0. The summed E-state index contributed by atoms with van der Waals surface area (Å²) in [7, 11) is 0. The van der Waals surface area contributed by atoms with Gasteiger partial charge in [0.15, 0.2) is 0 Å². The molecule has 0 aliphatic heterocycles. The van der Waals surface area contributed by atoms with E-state index in [9.17, 15) is 0 Å². The van der Waals surface area contributed by atoms with E-state index in [1.807, 2.05) is 24.3 Å². The van der Waals surface area contributed by atoms with E-state index in [1.165, 1.54) is 44.9 Å². The highest BCUT2D eigenvalue weighted by Gasteiger charge is 1.95. The predicted molar refractivity (Wildman–Crippen MR) is 86.3 cm³/mol. The molecule has 3 heteroatoms. The zero-order valence-electron chi connectivity index (χ0n) is 12.7. The van der Waals surface area contributed by atoms with Crippen molar-refractivity contribution in [3.63, 3.8) is 0 Å². The van der Waals surface area contributed by atoms with Gasteiger partial charge in [-0.1, -0.05) is 51.9 Å². The second-order valence-corrected chi connectivity index (χ2v) is 5.17. The van der Waals surface area contributed by atoms with Crippen LogP contribution in [0.3, 0.4) is 0 Å². The van der Waals surface area contributed by atoms with Gasteiger partial charge >= 0.3 is 0 Å². The summed E-state index contributed by atoms with van der Waals surface area (Å²) < 4.78 is 5.71. The van der Waals surface area contributed by atoms with E-state index in [0.717, 1.165) is 24.3 Å². The molecule has 0 aliphatic carbocycles. The Hall–Kier alpha value is -1.51. The van der Waals surface area contributed by atoms with Gasteiger partial charge in [0.1, 0.15) is 5.75 Å². The quantitative estimate of drug-likeness (QED) is 0.280. The summed E-state index contributed by atoms with van der Waals surface area (Å²) in [6.07, 6.45) is 12.2. The molecule has 1 aromatic rings. The van der Waals surface area contributed by atoms with Crippen molar-refractivity contribution in [3.05, 3.63) is 29.8 Å². The molecule has 0 unspecified atom stereocenters. The maximum Gasteiger partial charge on any atom is 0.119 e. The van der Waals surface area contributed by atoms with Gasteiger partial charge in [0, 0.05) is 0 Å². The molecule has 20 heavy (non-hydrogen) atoms. The van der Waals surface area contributed by atoms with Gasteiger partial charge in [0.2, 0.25) is 0 Å². The Kier molecular flexibility index (Phi) is 9.37. The van der Waals surface area contributed by atoms with Gasteiger partial charge in [-0.25, -0.2) is 0 Å². The lowest BCUT2D eigenvalue weighted by Gasteiger charge is -2.06. The molecule has 2 N–H and O–H groups in total. The molecule has 0 atom stereocenters. The number of ether oxygens (including phenoxy) is 1. The average molecular weight is 276 g/mol. The molecule has 0 bridgehead atoms. The van der Waals surface area contributed by atoms with E-state index in [4.69, 9.17) is 10.6 Å². The summed E-state index contributed by atoms with van der Waals surface area (Å²) in [5.74, 6) is 6.02. The molecule has 0 amide bonds. The average Bonchev–Trinajstić information content (AvgIpc) is 2.47. The highest BCUT2D eigenvalue weighted by Crippen LogP contribution is 2.13. The zero-order valence-corrected chi connectivity index (χ0v) is 12.7. The molecule has 0 aromatic heterocycles. The minimum atomic E-state index is 0.805. The first-order chi connectivity index (χ1) is 9.86. The Balaban J connectivity index is 2.01. The molecule has 0 saturated heterocycles. The highest BCUT2D eigenvalue weighted by atomic mass is 16.5. The van der Waals surface area contributed by atoms with Crippen LogP contribution in [0.5, 0.6) is 5.75 Å². The number of unbranched alkanes of at least 4 members (excludes halogenated alkanes) is 7. The number of nitrogens with two attached hydrogens (primary N) is 1. The molecular weight excluding hydrogens is 248 g/mol. The first-order valence-corrected chi connectivity index (χ1v) is 7.83. The maximum absolute atomic E-state index is 5.71. The lowest BCUT2D eigenvalue weighted by molar-refractivity contribution is 0.304.